The Morgan fingerprint density at radius 1 is 0.850 bits per heavy atom. The summed E-state index contributed by atoms with van der Waals surface area (Å²) in [7, 11) is -3.26. The molecule has 0 aromatic rings. The van der Waals surface area contributed by atoms with E-state index in [1.807, 2.05) is 0 Å². The van der Waals surface area contributed by atoms with Gasteiger partial charge in [0.1, 0.15) is 0 Å². The number of hydrogen-bond donors (Lipinski definition) is 1. The summed E-state index contributed by atoms with van der Waals surface area (Å²) in [6.45, 7) is 6.33. The second kappa shape index (κ2) is 6.27. The van der Waals surface area contributed by atoms with Crippen LogP contribution in [0.5, 0.6) is 0 Å². The Hall–Kier alpha value is -0.210. The van der Waals surface area contributed by atoms with E-state index in [0.717, 1.165) is 39.0 Å². The molecule has 3 rings (SSSR count). The maximum absolute atomic E-state index is 12.8. The normalized spacial score (nSPS) is 31.7. The van der Waals surface area contributed by atoms with Crippen LogP contribution in [-0.4, -0.2) is 80.3 Å². The van der Waals surface area contributed by atoms with E-state index in [4.69, 9.17) is 0 Å². The Morgan fingerprint density at radius 3 is 2.65 bits per heavy atom. The van der Waals surface area contributed by atoms with Gasteiger partial charge in [-0.2, -0.15) is 17.0 Å². The lowest BCUT2D eigenvalue weighted by atomic mass is 10.0. The van der Waals surface area contributed by atoms with Crippen molar-refractivity contribution in [1.29, 1.82) is 0 Å². The molecule has 3 saturated heterocycles. The van der Waals surface area contributed by atoms with Gasteiger partial charge >= 0.3 is 0 Å². The SMILES string of the molecule is O=S(=O)(N1CCCNCC1)N1CCN2CCCCC2C1. The first-order chi connectivity index (χ1) is 9.68. The van der Waals surface area contributed by atoms with Crippen LogP contribution in [0.3, 0.4) is 0 Å². The highest BCUT2D eigenvalue weighted by Crippen LogP contribution is 2.23. The van der Waals surface area contributed by atoms with Crippen molar-refractivity contribution in [3.8, 4) is 0 Å². The first-order valence-corrected chi connectivity index (χ1v) is 9.27. The molecule has 0 aromatic carbocycles. The summed E-state index contributed by atoms with van der Waals surface area (Å²) in [5, 5.41) is 3.26. The van der Waals surface area contributed by atoms with Crippen molar-refractivity contribution in [1.82, 2.24) is 18.8 Å². The minimum atomic E-state index is -3.26. The molecule has 6 nitrogen and oxygen atoms in total. The minimum Gasteiger partial charge on any atom is -0.315 e. The lowest BCUT2D eigenvalue weighted by molar-refractivity contribution is 0.0823. The molecule has 0 amide bonds. The average Bonchev–Trinajstić information content (AvgIpc) is 2.76. The molecule has 1 atom stereocenters. The number of nitrogens with zero attached hydrogens (tertiary/aromatic N) is 3. The van der Waals surface area contributed by atoms with Gasteiger partial charge in [0, 0.05) is 45.3 Å². The second-order valence-electron chi connectivity index (χ2n) is 6.05. The Balaban J connectivity index is 1.67. The summed E-state index contributed by atoms with van der Waals surface area (Å²) in [4.78, 5) is 2.47. The lowest BCUT2D eigenvalue weighted by Gasteiger charge is -2.44. The topological polar surface area (TPSA) is 55.9 Å². The van der Waals surface area contributed by atoms with Crippen LogP contribution in [0, 0.1) is 0 Å². The van der Waals surface area contributed by atoms with Crippen LogP contribution in [0.2, 0.25) is 0 Å². The average molecular weight is 302 g/mol. The fourth-order valence-electron chi connectivity index (χ4n) is 3.55. The molecule has 3 heterocycles. The Labute approximate surface area is 122 Å². The second-order valence-corrected chi connectivity index (χ2v) is 7.98. The number of piperidine rings is 1. The van der Waals surface area contributed by atoms with Gasteiger partial charge in [-0.05, 0) is 32.4 Å². The summed E-state index contributed by atoms with van der Waals surface area (Å²) >= 11 is 0. The summed E-state index contributed by atoms with van der Waals surface area (Å²) in [6.07, 6.45) is 4.56. The maximum atomic E-state index is 12.8. The maximum Gasteiger partial charge on any atom is 0.282 e. The summed E-state index contributed by atoms with van der Waals surface area (Å²) in [5.74, 6) is 0. The monoisotopic (exact) mass is 302 g/mol. The van der Waals surface area contributed by atoms with Crippen molar-refractivity contribution >= 4 is 10.2 Å². The van der Waals surface area contributed by atoms with Crippen LogP contribution >= 0.6 is 0 Å². The van der Waals surface area contributed by atoms with Crippen LogP contribution in [0.25, 0.3) is 0 Å². The number of hydrogen-bond acceptors (Lipinski definition) is 4. The van der Waals surface area contributed by atoms with E-state index in [1.165, 1.54) is 12.8 Å². The van der Waals surface area contributed by atoms with Gasteiger partial charge in [0.15, 0.2) is 0 Å². The van der Waals surface area contributed by atoms with Crippen molar-refractivity contribution in [3.05, 3.63) is 0 Å². The molecule has 0 saturated carbocycles. The molecule has 0 bridgehead atoms. The predicted octanol–water partition coefficient (Wildman–Crippen LogP) is -0.303. The van der Waals surface area contributed by atoms with Crippen molar-refractivity contribution in [3.63, 3.8) is 0 Å². The van der Waals surface area contributed by atoms with Crippen LogP contribution in [0.1, 0.15) is 25.7 Å². The minimum absolute atomic E-state index is 0.442. The third kappa shape index (κ3) is 3.01. The number of rotatable bonds is 2. The standard InChI is InChI=1S/C13H26N4O2S/c18-20(19,16-8-3-5-14-6-9-16)17-11-10-15-7-2-1-4-13(15)12-17/h13-14H,1-12H2. The van der Waals surface area contributed by atoms with Gasteiger partial charge < -0.3 is 5.32 Å². The molecule has 20 heavy (non-hydrogen) atoms. The molecule has 0 spiro atoms. The molecular weight excluding hydrogens is 276 g/mol. The largest absolute Gasteiger partial charge is 0.315 e. The predicted molar refractivity (Wildman–Crippen MR) is 78.8 cm³/mol. The molecule has 7 heteroatoms. The molecule has 116 valence electrons. The van der Waals surface area contributed by atoms with E-state index < -0.39 is 10.2 Å². The van der Waals surface area contributed by atoms with Crippen molar-refractivity contribution in [2.75, 3.05) is 52.4 Å². The Kier molecular flexibility index (Phi) is 4.62. The van der Waals surface area contributed by atoms with Gasteiger partial charge in [0.2, 0.25) is 0 Å². The highest BCUT2D eigenvalue weighted by molar-refractivity contribution is 7.86. The Morgan fingerprint density at radius 2 is 1.75 bits per heavy atom. The van der Waals surface area contributed by atoms with Crippen molar-refractivity contribution in [2.24, 2.45) is 0 Å². The number of nitrogens with one attached hydrogen (secondary N) is 1. The van der Waals surface area contributed by atoms with Crippen molar-refractivity contribution in [2.45, 2.75) is 31.7 Å². The molecular formula is C13H26N4O2S. The zero-order valence-corrected chi connectivity index (χ0v) is 12.9. The first kappa shape index (κ1) is 14.7. The van der Waals surface area contributed by atoms with Crippen LogP contribution in [-0.2, 0) is 10.2 Å². The Bertz CT molecular complexity index is 420. The van der Waals surface area contributed by atoms with Crippen LogP contribution in [0.4, 0.5) is 0 Å². The molecule has 0 aliphatic carbocycles. The summed E-state index contributed by atoms with van der Waals surface area (Å²) in [5.41, 5.74) is 0. The van der Waals surface area contributed by atoms with E-state index in [0.29, 0.717) is 32.2 Å². The number of piperazine rings is 1. The van der Waals surface area contributed by atoms with Gasteiger partial charge in [-0.15, -0.1) is 0 Å². The lowest BCUT2D eigenvalue weighted by Crippen LogP contribution is -2.58. The van der Waals surface area contributed by atoms with Gasteiger partial charge in [-0.1, -0.05) is 6.42 Å². The molecule has 3 aliphatic heterocycles. The van der Waals surface area contributed by atoms with E-state index in [2.05, 4.69) is 10.2 Å². The van der Waals surface area contributed by atoms with E-state index in [9.17, 15) is 8.42 Å². The smallest absolute Gasteiger partial charge is 0.282 e. The molecule has 0 radical (unpaired) electrons. The van der Waals surface area contributed by atoms with E-state index in [1.54, 1.807) is 8.61 Å². The fourth-order valence-corrected chi connectivity index (χ4v) is 5.23. The zero-order chi connectivity index (χ0) is 14.0. The highest BCUT2D eigenvalue weighted by Gasteiger charge is 2.37. The van der Waals surface area contributed by atoms with Gasteiger partial charge in [-0.25, -0.2) is 0 Å². The van der Waals surface area contributed by atoms with Gasteiger partial charge in [0.25, 0.3) is 10.2 Å². The van der Waals surface area contributed by atoms with Gasteiger partial charge in [-0.3, -0.25) is 4.90 Å². The van der Waals surface area contributed by atoms with E-state index in [-0.39, 0.29) is 0 Å². The number of fused-ring (bicyclic) bond motifs is 1. The molecule has 0 aromatic heterocycles. The highest BCUT2D eigenvalue weighted by atomic mass is 32.2. The van der Waals surface area contributed by atoms with Gasteiger partial charge in [0.05, 0.1) is 0 Å². The van der Waals surface area contributed by atoms with Crippen LogP contribution < -0.4 is 5.32 Å². The quantitative estimate of drug-likeness (QED) is 0.761. The first-order valence-electron chi connectivity index (χ1n) is 7.88. The molecule has 3 fully saturated rings. The van der Waals surface area contributed by atoms with E-state index >= 15 is 0 Å². The summed E-state index contributed by atoms with van der Waals surface area (Å²) in [6, 6.07) is 0.442. The fraction of sp³-hybridized carbons (Fsp3) is 1.00. The molecule has 1 N–H and O–H groups in total. The molecule has 3 aliphatic rings. The third-order valence-corrected chi connectivity index (χ3v) is 6.75. The summed E-state index contributed by atoms with van der Waals surface area (Å²) < 4.78 is 28.9. The zero-order valence-electron chi connectivity index (χ0n) is 12.1. The van der Waals surface area contributed by atoms with Crippen molar-refractivity contribution < 1.29 is 8.42 Å². The third-order valence-electron chi connectivity index (χ3n) is 4.75. The molecule has 1 unspecified atom stereocenters. The van der Waals surface area contributed by atoms with Crippen LogP contribution in [0.15, 0.2) is 0 Å².